The van der Waals surface area contributed by atoms with E-state index >= 15 is 0 Å². The lowest BCUT2D eigenvalue weighted by Crippen LogP contribution is -1.88. The summed E-state index contributed by atoms with van der Waals surface area (Å²) in [6, 6.07) is 6.23. The molecule has 0 N–H and O–H groups in total. The second-order valence-corrected chi connectivity index (χ2v) is 4.40. The van der Waals surface area contributed by atoms with E-state index in [4.69, 9.17) is 0 Å². The molecule has 0 aliphatic heterocycles. The van der Waals surface area contributed by atoms with E-state index in [1.54, 1.807) is 11.8 Å². The van der Waals surface area contributed by atoms with E-state index in [0.717, 1.165) is 17.2 Å². The number of rotatable bonds is 4. The van der Waals surface area contributed by atoms with Crippen molar-refractivity contribution < 1.29 is 4.79 Å². The minimum Gasteiger partial charge on any atom is -0.303 e. The second-order valence-electron chi connectivity index (χ2n) is 2.66. The first-order valence-corrected chi connectivity index (χ1v) is 6.05. The molecule has 13 heavy (non-hydrogen) atoms. The molecule has 1 aromatic carbocycles. The Morgan fingerprint density at radius 1 is 1.54 bits per heavy atom. The van der Waals surface area contributed by atoms with E-state index in [2.05, 4.69) is 28.1 Å². The lowest BCUT2D eigenvalue weighted by atomic mass is 10.1. The molecule has 0 heterocycles. The Kier molecular flexibility index (Phi) is 4.53. The minimum absolute atomic E-state index is 0.594. The van der Waals surface area contributed by atoms with Gasteiger partial charge in [-0.2, -0.15) is 0 Å². The molecule has 1 rings (SSSR count). The summed E-state index contributed by atoms with van der Waals surface area (Å²) >= 11 is 5.18. The molecule has 0 bridgehead atoms. The topological polar surface area (TPSA) is 17.1 Å². The van der Waals surface area contributed by atoms with Crippen molar-refractivity contribution in [3.8, 4) is 0 Å². The largest absolute Gasteiger partial charge is 0.303 e. The zero-order chi connectivity index (χ0) is 9.68. The number of halogens is 1. The highest BCUT2D eigenvalue weighted by molar-refractivity contribution is 9.10. The van der Waals surface area contributed by atoms with E-state index in [-0.39, 0.29) is 0 Å². The van der Waals surface area contributed by atoms with Crippen molar-refractivity contribution in [2.24, 2.45) is 0 Å². The summed E-state index contributed by atoms with van der Waals surface area (Å²) in [6.45, 7) is 0. The number of aryl methyl sites for hydroxylation is 1. The molecule has 0 atom stereocenters. The third kappa shape index (κ3) is 3.16. The lowest BCUT2D eigenvalue weighted by molar-refractivity contribution is -0.107. The molecule has 0 fully saturated rings. The van der Waals surface area contributed by atoms with Crippen LogP contribution in [-0.4, -0.2) is 12.5 Å². The quantitative estimate of drug-likeness (QED) is 0.609. The van der Waals surface area contributed by atoms with E-state index < -0.39 is 0 Å². The molecule has 0 aliphatic carbocycles. The fraction of sp³-hybridized carbons (Fsp3) is 0.300. The molecule has 3 heteroatoms. The molecule has 0 spiro atoms. The maximum Gasteiger partial charge on any atom is 0.120 e. The molecule has 0 amide bonds. The number of carbonyl (C=O) groups is 1. The predicted octanol–water partition coefficient (Wildman–Crippen LogP) is 3.30. The van der Waals surface area contributed by atoms with Gasteiger partial charge in [0.15, 0.2) is 0 Å². The van der Waals surface area contributed by atoms with Crippen molar-refractivity contribution >= 4 is 34.0 Å². The van der Waals surface area contributed by atoms with Crippen molar-refractivity contribution in [1.82, 2.24) is 0 Å². The van der Waals surface area contributed by atoms with Gasteiger partial charge in [0, 0.05) is 15.8 Å². The zero-order valence-corrected chi connectivity index (χ0v) is 9.82. The zero-order valence-electron chi connectivity index (χ0n) is 7.42. The summed E-state index contributed by atoms with van der Waals surface area (Å²) in [5.74, 6) is 0. The Morgan fingerprint density at radius 3 is 2.92 bits per heavy atom. The van der Waals surface area contributed by atoms with Gasteiger partial charge in [0.2, 0.25) is 0 Å². The Bertz CT molecular complexity index is 299. The summed E-state index contributed by atoms with van der Waals surface area (Å²) < 4.78 is 1.09. The van der Waals surface area contributed by atoms with Crippen LogP contribution in [0.5, 0.6) is 0 Å². The fourth-order valence-corrected chi connectivity index (χ4v) is 1.99. The number of hydrogen-bond acceptors (Lipinski definition) is 2. The molecule has 0 aliphatic rings. The van der Waals surface area contributed by atoms with Crippen LogP contribution in [0.15, 0.2) is 27.6 Å². The molecule has 70 valence electrons. The summed E-state index contributed by atoms with van der Waals surface area (Å²) in [4.78, 5) is 11.5. The van der Waals surface area contributed by atoms with Crippen LogP contribution in [0.1, 0.15) is 12.0 Å². The summed E-state index contributed by atoms with van der Waals surface area (Å²) in [5, 5.41) is 0. The van der Waals surface area contributed by atoms with Gasteiger partial charge in [-0.15, -0.1) is 11.8 Å². The third-order valence-corrected chi connectivity index (χ3v) is 3.28. The van der Waals surface area contributed by atoms with Crippen molar-refractivity contribution in [2.75, 3.05) is 6.26 Å². The SMILES string of the molecule is CSc1ccc(Br)c(CCC=O)c1. The van der Waals surface area contributed by atoms with Crippen molar-refractivity contribution in [2.45, 2.75) is 17.7 Å². The van der Waals surface area contributed by atoms with E-state index in [1.165, 1.54) is 10.5 Å². The number of thioether (sulfide) groups is 1. The van der Waals surface area contributed by atoms with Gasteiger partial charge in [0.05, 0.1) is 0 Å². The van der Waals surface area contributed by atoms with Crippen LogP contribution >= 0.6 is 27.7 Å². The highest BCUT2D eigenvalue weighted by atomic mass is 79.9. The first kappa shape index (κ1) is 10.8. The molecular formula is C10H11BrOS. The first-order chi connectivity index (χ1) is 6.27. The van der Waals surface area contributed by atoms with Gasteiger partial charge in [0.1, 0.15) is 6.29 Å². The van der Waals surface area contributed by atoms with E-state index in [0.29, 0.717) is 6.42 Å². The van der Waals surface area contributed by atoms with E-state index in [1.807, 2.05) is 12.3 Å². The van der Waals surface area contributed by atoms with Gasteiger partial charge in [-0.05, 0) is 36.4 Å². The average molecular weight is 259 g/mol. The van der Waals surface area contributed by atoms with Gasteiger partial charge in [-0.1, -0.05) is 15.9 Å². The van der Waals surface area contributed by atoms with Crippen LogP contribution in [0.2, 0.25) is 0 Å². The van der Waals surface area contributed by atoms with Crippen LogP contribution in [0.4, 0.5) is 0 Å². The minimum atomic E-state index is 0.594. The maximum absolute atomic E-state index is 10.2. The number of benzene rings is 1. The van der Waals surface area contributed by atoms with Crippen LogP contribution < -0.4 is 0 Å². The highest BCUT2D eigenvalue weighted by Crippen LogP contribution is 2.24. The van der Waals surface area contributed by atoms with Gasteiger partial charge in [-0.3, -0.25) is 0 Å². The Hall–Kier alpha value is -0.280. The Labute approximate surface area is 91.0 Å². The van der Waals surface area contributed by atoms with Crippen LogP contribution in [-0.2, 0) is 11.2 Å². The molecule has 1 aromatic rings. The maximum atomic E-state index is 10.2. The van der Waals surface area contributed by atoms with Gasteiger partial charge >= 0.3 is 0 Å². The standard InChI is InChI=1S/C10H11BrOS/c1-13-9-4-5-10(11)8(7-9)3-2-6-12/h4-7H,2-3H2,1H3. The number of hydrogen-bond donors (Lipinski definition) is 0. The molecular weight excluding hydrogens is 248 g/mol. The van der Waals surface area contributed by atoms with Crippen molar-refractivity contribution in [1.29, 1.82) is 0 Å². The average Bonchev–Trinajstić information content (AvgIpc) is 2.17. The smallest absolute Gasteiger partial charge is 0.120 e. The molecule has 0 aromatic heterocycles. The van der Waals surface area contributed by atoms with Crippen LogP contribution in [0.3, 0.4) is 0 Å². The molecule has 0 radical (unpaired) electrons. The number of carbonyl (C=O) groups excluding carboxylic acids is 1. The van der Waals surface area contributed by atoms with Gasteiger partial charge in [0.25, 0.3) is 0 Å². The monoisotopic (exact) mass is 258 g/mol. The molecule has 0 saturated carbocycles. The third-order valence-electron chi connectivity index (χ3n) is 1.78. The molecule has 1 nitrogen and oxygen atoms in total. The Balaban J connectivity index is 2.83. The van der Waals surface area contributed by atoms with Gasteiger partial charge < -0.3 is 4.79 Å². The Morgan fingerprint density at radius 2 is 2.31 bits per heavy atom. The normalized spacial score (nSPS) is 10.0. The summed E-state index contributed by atoms with van der Waals surface area (Å²) in [5.41, 5.74) is 1.21. The second kappa shape index (κ2) is 5.45. The predicted molar refractivity (Wildman–Crippen MR) is 60.3 cm³/mol. The highest BCUT2D eigenvalue weighted by Gasteiger charge is 2.00. The molecule has 0 saturated heterocycles. The fourth-order valence-electron chi connectivity index (χ4n) is 1.08. The summed E-state index contributed by atoms with van der Waals surface area (Å²) in [6.07, 6.45) is 4.42. The molecule has 0 unspecified atom stereocenters. The first-order valence-electron chi connectivity index (χ1n) is 4.04. The number of aldehydes is 1. The summed E-state index contributed by atoms with van der Waals surface area (Å²) in [7, 11) is 0. The van der Waals surface area contributed by atoms with Crippen LogP contribution in [0, 0.1) is 0 Å². The van der Waals surface area contributed by atoms with Crippen LogP contribution in [0.25, 0.3) is 0 Å². The van der Waals surface area contributed by atoms with Crippen molar-refractivity contribution in [3.05, 3.63) is 28.2 Å². The lowest BCUT2D eigenvalue weighted by Gasteiger charge is -2.04. The van der Waals surface area contributed by atoms with E-state index in [9.17, 15) is 4.79 Å². The van der Waals surface area contributed by atoms with Crippen molar-refractivity contribution in [3.63, 3.8) is 0 Å². The van der Waals surface area contributed by atoms with Gasteiger partial charge in [-0.25, -0.2) is 0 Å².